The van der Waals surface area contributed by atoms with Crippen LogP contribution in [0.3, 0.4) is 0 Å². The van der Waals surface area contributed by atoms with E-state index < -0.39 is 17.8 Å². The van der Waals surface area contributed by atoms with E-state index in [2.05, 4.69) is 0 Å². The zero-order valence-electron chi connectivity index (χ0n) is 11.6. The molecule has 0 spiro atoms. The molecule has 2 heterocycles. The molecule has 6 heteroatoms. The Morgan fingerprint density at radius 3 is 2.90 bits per heavy atom. The Kier molecular flexibility index (Phi) is 3.63. The Morgan fingerprint density at radius 2 is 2.24 bits per heavy atom. The predicted molar refractivity (Wildman–Crippen MR) is 76.2 cm³/mol. The van der Waals surface area contributed by atoms with Crippen LogP contribution in [0.5, 0.6) is 0 Å². The van der Waals surface area contributed by atoms with Crippen LogP contribution in [0.2, 0.25) is 0 Å². The minimum Gasteiger partial charge on any atom is -0.463 e. The van der Waals surface area contributed by atoms with Gasteiger partial charge in [0.15, 0.2) is 0 Å². The van der Waals surface area contributed by atoms with Gasteiger partial charge in [-0.1, -0.05) is 12.1 Å². The third-order valence-corrected chi connectivity index (χ3v) is 4.71. The molecule has 0 saturated carbocycles. The second kappa shape index (κ2) is 5.44. The number of nitrogens with zero attached hydrogens (tertiary/aromatic N) is 1. The van der Waals surface area contributed by atoms with E-state index >= 15 is 0 Å². The first-order valence-electron chi connectivity index (χ1n) is 6.88. The number of thiophene rings is 1. The van der Waals surface area contributed by atoms with Crippen LogP contribution in [0, 0.1) is 11.8 Å². The maximum Gasteiger partial charge on any atom is 0.334 e. The first-order valence-corrected chi connectivity index (χ1v) is 7.76. The van der Waals surface area contributed by atoms with E-state index in [0.29, 0.717) is 18.5 Å². The lowest BCUT2D eigenvalue weighted by molar-refractivity contribution is -0.143. The molecule has 1 aliphatic heterocycles. The molecule has 0 unspecified atom stereocenters. The molecular formula is C15H15NO4S. The molecule has 5 nitrogen and oxygen atoms in total. The van der Waals surface area contributed by atoms with Crippen LogP contribution in [-0.4, -0.2) is 29.3 Å². The van der Waals surface area contributed by atoms with Crippen LogP contribution in [-0.2, 0) is 25.7 Å². The monoisotopic (exact) mass is 305 g/mol. The number of allylic oxidation sites excluding steroid dienone is 1. The second-order valence-corrected chi connectivity index (χ2v) is 6.07. The van der Waals surface area contributed by atoms with E-state index in [9.17, 15) is 14.4 Å². The molecule has 1 fully saturated rings. The minimum atomic E-state index is -0.656. The number of rotatable bonds is 4. The number of hydrogen-bond acceptors (Lipinski definition) is 5. The average molecular weight is 305 g/mol. The van der Waals surface area contributed by atoms with E-state index in [0.717, 1.165) is 4.88 Å². The third-order valence-electron chi connectivity index (χ3n) is 3.85. The number of fused-ring (bicyclic) bond motifs is 1. The molecule has 0 radical (unpaired) electrons. The average Bonchev–Trinajstić information content (AvgIpc) is 3.16. The van der Waals surface area contributed by atoms with E-state index in [1.165, 1.54) is 16.2 Å². The van der Waals surface area contributed by atoms with Crippen molar-refractivity contribution in [1.29, 1.82) is 0 Å². The van der Waals surface area contributed by atoms with E-state index in [4.69, 9.17) is 4.74 Å². The number of ether oxygens (including phenoxy) is 1. The largest absolute Gasteiger partial charge is 0.463 e. The molecule has 1 saturated heterocycles. The Hall–Kier alpha value is -1.95. The summed E-state index contributed by atoms with van der Waals surface area (Å²) in [6.45, 7) is 2.27. The summed E-state index contributed by atoms with van der Waals surface area (Å²) in [4.78, 5) is 39.0. The molecule has 21 heavy (non-hydrogen) atoms. The highest BCUT2D eigenvalue weighted by atomic mass is 32.1. The van der Waals surface area contributed by atoms with Crippen molar-refractivity contribution in [1.82, 2.24) is 4.90 Å². The minimum absolute atomic E-state index is 0.186. The van der Waals surface area contributed by atoms with Gasteiger partial charge in [-0.15, -0.1) is 11.3 Å². The van der Waals surface area contributed by atoms with Gasteiger partial charge < -0.3 is 4.74 Å². The van der Waals surface area contributed by atoms with Crippen molar-refractivity contribution in [3.63, 3.8) is 0 Å². The molecule has 1 aromatic heterocycles. The number of carbonyl (C=O) groups excluding carboxylic acids is 3. The number of esters is 1. The summed E-state index contributed by atoms with van der Waals surface area (Å²) in [5.41, 5.74) is 0.342. The fraction of sp³-hybridized carbons (Fsp3) is 0.400. The quantitative estimate of drug-likeness (QED) is 0.628. The summed E-state index contributed by atoms with van der Waals surface area (Å²) in [5.74, 6) is -2.04. The van der Waals surface area contributed by atoms with Gasteiger partial charge in [0.25, 0.3) is 0 Å². The molecule has 3 rings (SSSR count). The van der Waals surface area contributed by atoms with Gasteiger partial charge in [-0.2, -0.15) is 0 Å². The van der Waals surface area contributed by atoms with Crippen LogP contribution < -0.4 is 0 Å². The first kappa shape index (κ1) is 14.0. The maximum atomic E-state index is 12.5. The number of likely N-dealkylation sites (tertiary alicyclic amines) is 1. The SMILES string of the molecule is CCOC(=O)C1=CC[C@@H]2C(=O)N(Cc3cccs3)C(=O)[C@H]12. The Balaban J connectivity index is 1.81. The van der Waals surface area contributed by atoms with Crippen molar-refractivity contribution in [3.05, 3.63) is 34.0 Å². The fourth-order valence-corrected chi connectivity index (χ4v) is 3.59. The highest BCUT2D eigenvalue weighted by Crippen LogP contribution is 2.41. The summed E-state index contributed by atoms with van der Waals surface area (Å²) >= 11 is 1.50. The van der Waals surface area contributed by atoms with Gasteiger partial charge in [0.2, 0.25) is 11.8 Å². The highest BCUT2D eigenvalue weighted by Gasteiger charge is 2.53. The third kappa shape index (κ3) is 2.29. The summed E-state index contributed by atoms with van der Waals surface area (Å²) in [7, 11) is 0. The molecule has 0 aromatic carbocycles. The van der Waals surface area contributed by atoms with Gasteiger partial charge in [-0.25, -0.2) is 4.79 Å². The van der Waals surface area contributed by atoms with E-state index in [1.807, 2.05) is 17.5 Å². The summed E-state index contributed by atoms with van der Waals surface area (Å²) in [5, 5.41) is 1.91. The van der Waals surface area contributed by atoms with Gasteiger partial charge in [-0.3, -0.25) is 14.5 Å². The topological polar surface area (TPSA) is 63.7 Å². The normalized spacial score (nSPS) is 24.2. The first-order chi connectivity index (χ1) is 10.1. The fourth-order valence-electron chi connectivity index (χ4n) is 2.90. The van der Waals surface area contributed by atoms with Crippen molar-refractivity contribution in [2.75, 3.05) is 6.61 Å². The van der Waals surface area contributed by atoms with Gasteiger partial charge in [0.1, 0.15) is 0 Å². The van der Waals surface area contributed by atoms with E-state index in [1.54, 1.807) is 13.0 Å². The van der Waals surface area contributed by atoms with Gasteiger partial charge >= 0.3 is 5.97 Å². The molecule has 110 valence electrons. The molecule has 0 N–H and O–H groups in total. The van der Waals surface area contributed by atoms with Crippen molar-refractivity contribution in [2.24, 2.45) is 11.8 Å². The lowest BCUT2D eigenvalue weighted by atomic mass is 9.94. The predicted octanol–water partition coefficient (Wildman–Crippen LogP) is 1.74. The summed E-state index contributed by atoms with van der Waals surface area (Å²) in [6.07, 6.45) is 2.11. The zero-order valence-corrected chi connectivity index (χ0v) is 12.4. The van der Waals surface area contributed by atoms with Crippen LogP contribution in [0.15, 0.2) is 29.2 Å². The lowest BCUT2D eigenvalue weighted by Gasteiger charge is -2.14. The van der Waals surface area contributed by atoms with Crippen molar-refractivity contribution in [2.45, 2.75) is 19.9 Å². The van der Waals surface area contributed by atoms with Crippen molar-refractivity contribution in [3.8, 4) is 0 Å². The van der Waals surface area contributed by atoms with Gasteiger partial charge in [0, 0.05) is 10.5 Å². The second-order valence-electron chi connectivity index (χ2n) is 5.04. The molecule has 1 aromatic rings. The van der Waals surface area contributed by atoms with Crippen LogP contribution in [0.25, 0.3) is 0 Å². The molecular weight excluding hydrogens is 290 g/mol. The standard InChI is InChI=1S/C15H15NO4S/c1-2-20-15(19)11-6-5-10-12(11)14(18)16(13(10)17)8-9-4-3-7-21-9/h3-4,6-7,10,12H,2,5,8H2,1H3/t10-,12-/m0/s1. The molecule has 0 bridgehead atoms. The van der Waals surface area contributed by atoms with Gasteiger partial charge in [-0.05, 0) is 24.8 Å². The number of carbonyl (C=O) groups is 3. The molecule has 2 aliphatic rings. The maximum absolute atomic E-state index is 12.5. The van der Waals surface area contributed by atoms with Crippen molar-refractivity contribution >= 4 is 29.1 Å². The van der Waals surface area contributed by atoms with Crippen LogP contribution >= 0.6 is 11.3 Å². The molecule has 1 aliphatic carbocycles. The van der Waals surface area contributed by atoms with Gasteiger partial charge in [0.05, 0.1) is 25.0 Å². The summed E-state index contributed by atoms with van der Waals surface area (Å²) in [6, 6.07) is 3.78. The number of amides is 2. The Morgan fingerprint density at radius 1 is 1.43 bits per heavy atom. The number of imide groups is 1. The highest BCUT2D eigenvalue weighted by molar-refractivity contribution is 7.09. The van der Waals surface area contributed by atoms with Crippen LogP contribution in [0.4, 0.5) is 0 Å². The van der Waals surface area contributed by atoms with E-state index in [-0.39, 0.29) is 18.4 Å². The molecule has 2 atom stereocenters. The van der Waals surface area contributed by atoms with Crippen LogP contribution in [0.1, 0.15) is 18.2 Å². The Bertz CT molecular complexity index is 620. The summed E-state index contributed by atoms with van der Waals surface area (Å²) < 4.78 is 4.97. The molecule has 2 amide bonds. The lowest BCUT2D eigenvalue weighted by Crippen LogP contribution is -2.31. The Labute approximate surface area is 126 Å². The number of hydrogen-bond donors (Lipinski definition) is 0. The zero-order chi connectivity index (χ0) is 15.0. The smallest absolute Gasteiger partial charge is 0.334 e. The van der Waals surface area contributed by atoms with Crippen molar-refractivity contribution < 1.29 is 19.1 Å².